The Kier molecular flexibility index (Phi) is 5.48. The number of rotatable bonds is 5. The first-order valence-electron chi connectivity index (χ1n) is 7.11. The number of nitrogens with zero attached hydrogens (tertiary/aromatic N) is 1. The molecule has 0 unspecified atom stereocenters. The summed E-state index contributed by atoms with van der Waals surface area (Å²) in [5.41, 5.74) is 6.08. The average molecular weight is 305 g/mol. The zero-order valence-corrected chi connectivity index (χ0v) is 12.2. The van der Waals surface area contributed by atoms with Gasteiger partial charge in [-0.1, -0.05) is 0 Å². The molecule has 1 aromatic carbocycles. The number of benzene rings is 1. The number of anilines is 1. The van der Waals surface area contributed by atoms with E-state index in [9.17, 15) is 14.4 Å². The molecular weight excluding hydrogens is 286 g/mol. The molecule has 1 heterocycles. The van der Waals surface area contributed by atoms with Crippen LogP contribution in [-0.2, 0) is 14.3 Å². The number of nitrogens with one attached hydrogen (secondary N) is 1. The third-order valence-electron chi connectivity index (χ3n) is 3.38. The zero-order valence-electron chi connectivity index (χ0n) is 12.2. The van der Waals surface area contributed by atoms with Gasteiger partial charge in [0, 0.05) is 37.2 Å². The van der Waals surface area contributed by atoms with Gasteiger partial charge in [-0.3, -0.25) is 14.4 Å². The highest BCUT2D eigenvalue weighted by Crippen LogP contribution is 2.10. The average Bonchev–Trinajstić information content (AvgIpc) is 2.54. The van der Waals surface area contributed by atoms with Crippen LogP contribution in [-0.4, -0.2) is 48.9 Å². The van der Waals surface area contributed by atoms with Gasteiger partial charge < -0.3 is 20.7 Å². The predicted molar refractivity (Wildman–Crippen MR) is 80.2 cm³/mol. The Morgan fingerprint density at radius 1 is 1.09 bits per heavy atom. The molecule has 3 N–H and O–H groups in total. The second kappa shape index (κ2) is 7.56. The molecule has 0 radical (unpaired) electrons. The lowest BCUT2D eigenvalue weighted by atomic mass is 10.2. The minimum atomic E-state index is -0.519. The number of morpholine rings is 1. The van der Waals surface area contributed by atoms with Crippen molar-refractivity contribution in [2.75, 3.05) is 31.6 Å². The van der Waals surface area contributed by atoms with Gasteiger partial charge in [0.2, 0.25) is 17.7 Å². The van der Waals surface area contributed by atoms with E-state index in [4.69, 9.17) is 10.5 Å². The molecule has 0 aliphatic carbocycles. The Bertz CT molecular complexity index is 550. The van der Waals surface area contributed by atoms with Crippen LogP contribution in [0, 0.1) is 0 Å². The summed E-state index contributed by atoms with van der Waals surface area (Å²) in [6.45, 7) is 2.25. The number of carbonyl (C=O) groups is 3. The molecule has 0 atom stereocenters. The summed E-state index contributed by atoms with van der Waals surface area (Å²) in [6, 6.07) is 6.28. The summed E-state index contributed by atoms with van der Waals surface area (Å²) in [5, 5.41) is 2.68. The second-order valence-electron chi connectivity index (χ2n) is 4.98. The van der Waals surface area contributed by atoms with Crippen molar-refractivity contribution < 1.29 is 19.1 Å². The van der Waals surface area contributed by atoms with Gasteiger partial charge in [-0.15, -0.1) is 0 Å². The van der Waals surface area contributed by atoms with E-state index in [-0.39, 0.29) is 24.7 Å². The summed E-state index contributed by atoms with van der Waals surface area (Å²) in [7, 11) is 0. The highest BCUT2D eigenvalue weighted by atomic mass is 16.5. The smallest absolute Gasteiger partial charge is 0.248 e. The number of hydrogen-bond donors (Lipinski definition) is 2. The van der Waals surface area contributed by atoms with Crippen LogP contribution in [0.15, 0.2) is 24.3 Å². The summed E-state index contributed by atoms with van der Waals surface area (Å²) in [4.78, 5) is 36.4. The largest absolute Gasteiger partial charge is 0.378 e. The number of carbonyl (C=O) groups excluding carboxylic acids is 3. The first-order valence-corrected chi connectivity index (χ1v) is 7.11. The lowest BCUT2D eigenvalue weighted by Crippen LogP contribution is -2.40. The van der Waals surface area contributed by atoms with E-state index in [0.717, 1.165) is 0 Å². The molecule has 0 saturated carbocycles. The van der Waals surface area contributed by atoms with Gasteiger partial charge in [-0.05, 0) is 24.3 Å². The molecule has 118 valence electrons. The van der Waals surface area contributed by atoms with Crippen molar-refractivity contribution in [3.8, 4) is 0 Å². The molecule has 0 spiro atoms. The molecule has 3 amide bonds. The Morgan fingerprint density at radius 3 is 2.32 bits per heavy atom. The van der Waals surface area contributed by atoms with Crippen molar-refractivity contribution in [3.63, 3.8) is 0 Å². The summed E-state index contributed by atoms with van der Waals surface area (Å²) >= 11 is 0. The monoisotopic (exact) mass is 305 g/mol. The number of ether oxygens (including phenoxy) is 1. The summed E-state index contributed by atoms with van der Waals surface area (Å²) in [5.74, 6) is -0.801. The highest BCUT2D eigenvalue weighted by molar-refractivity contribution is 5.95. The van der Waals surface area contributed by atoms with Crippen molar-refractivity contribution >= 4 is 23.4 Å². The van der Waals surface area contributed by atoms with Crippen LogP contribution in [0.5, 0.6) is 0 Å². The summed E-state index contributed by atoms with van der Waals surface area (Å²) in [6.07, 6.45) is 0.291. The number of primary amides is 1. The van der Waals surface area contributed by atoms with E-state index in [1.165, 1.54) is 12.1 Å². The van der Waals surface area contributed by atoms with Gasteiger partial charge in [0.25, 0.3) is 0 Å². The lowest BCUT2D eigenvalue weighted by Gasteiger charge is -2.26. The Morgan fingerprint density at radius 2 is 1.73 bits per heavy atom. The molecule has 1 aliphatic rings. The maximum Gasteiger partial charge on any atom is 0.248 e. The number of amides is 3. The quantitative estimate of drug-likeness (QED) is 0.820. The maximum absolute atomic E-state index is 11.9. The molecular formula is C15H19N3O4. The SMILES string of the molecule is NC(=O)c1ccc(NC(=O)CCC(=O)N2CCOCC2)cc1. The lowest BCUT2D eigenvalue weighted by molar-refractivity contribution is -0.136. The first-order chi connectivity index (χ1) is 10.6. The van der Waals surface area contributed by atoms with Crippen molar-refractivity contribution in [3.05, 3.63) is 29.8 Å². The molecule has 0 aromatic heterocycles. The van der Waals surface area contributed by atoms with Crippen molar-refractivity contribution in [2.45, 2.75) is 12.8 Å². The van der Waals surface area contributed by atoms with Gasteiger partial charge in [0.1, 0.15) is 0 Å². The third-order valence-corrected chi connectivity index (χ3v) is 3.38. The predicted octanol–water partition coefficient (Wildman–Crippen LogP) is 0.363. The summed E-state index contributed by atoms with van der Waals surface area (Å²) < 4.78 is 5.17. The van der Waals surface area contributed by atoms with E-state index in [0.29, 0.717) is 37.6 Å². The first kappa shape index (κ1) is 16.0. The molecule has 0 bridgehead atoms. The van der Waals surface area contributed by atoms with Crippen LogP contribution in [0.25, 0.3) is 0 Å². The van der Waals surface area contributed by atoms with Gasteiger partial charge in [0.15, 0.2) is 0 Å². The van der Waals surface area contributed by atoms with E-state index < -0.39 is 5.91 Å². The molecule has 2 rings (SSSR count). The van der Waals surface area contributed by atoms with E-state index in [2.05, 4.69) is 5.32 Å². The van der Waals surface area contributed by atoms with Crippen molar-refractivity contribution in [1.82, 2.24) is 4.90 Å². The minimum absolute atomic E-state index is 0.0393. The van der Waals surface area contributed by atoms with Crippen molar-refractivity contribution in [2.24, 2.45) is 5.73 Å². The van der Waals surface area contributed by atoms with Gasteiger partial charge in [-0.2, -0.15) is 0 Å². The molecule has 7 heteroatoms. The van der Waals surface area contributed by atoms with E-state index in [1.807, 2.05) is 0 Å². The number of nitrogens with two attached hydrogens (primary N) is 1. The molecule has 7 nitrogen and oxygen atoms in total. The normalized spacial score (nSPS) is 14.5. The Labute approximate surface area is 128 Å². The van der Waals surface area contributed by atoms with Crippen LogP contribution in [0.3, 0.4) is 0 Å². The maximum atomic E-state index is 11.9. The third kappa shape index (κ3) is 4.56. The molecule has 1 aliphatic heterocycles. The van der Waals surface area contributed by atoms with Gasteiger partial charge in [0.05, 0.1) is 13.2 Å². The van der Waals surface area contributed by atoms with Gasteiger partial charge >= 0.3 is 0 Å². The second-order valence-corrected chi connectivity index (χ2v) is 4.98. The van der Waals surface area contributed by atoms with Crippen LogP contribution < -0.4 is 11.1 Å². The number of hydrogen-bond acceptors (Lipinski definition) is 4. The Balaban J connectivity index is 1.77. The highest BCUT2D eigenvalue weighted by Gasteiger charge is 2.17. The van der Waals surface area contributed by atoms with Gasteiger partial charge in [-0.25, -0.2) is 0 Å². The molecule has 1 aromatic rings. The molecule has 1 saturated heterocycles. The van der Waals surface area contributed by atoms with Crippen LogP contribution in [0.1, 0.15) is 23.2 Å². The van der Waals surface area contributed by atoms with E-state index in [1.54, 1.807) is 17.0 Å². The minimum Gasteiger partial charge on any atom is -0.378 e. The van der Waals surface area contributed by atoms with Crippen LogP contribution in [0.4, 0.5) is 5.69 Å². The molecule has 1 fully saturated rings. The fourth-order valence-electron chi connectivity index (χ4n) is 2.13. The fourth-order valence-corrected chi connectivity index (χ4v) is 2.13. The van der Waals surface area contributed by atoms with Crippen LogP contribution in [0.2, 0.25) is 0 Å². The van der Waals surface area contributed by atoms with E-state index >= 15 is 0 Å². The molecule has 22 heavy (non-hydrogen) atoms. The Hall–Kier alpha value is -2.41. The fraction of sp³-hybridized carbons (Fsp3) is 0.400. The van der Waals surface area contributed by atoms with Crippen molar-refractivity contribution in [1.29, 1.82) is 0 Å². The standard InChI is InChI=1S/C15H19N3O4/c16-15(21)11-1-3-12(4-2-11)17-13(19)5-6-14(20)18-7-9-22-10-8-18/h1-4H,5-10H2,(H2,16,21)(H,17,19). The van der Waals surface area contributed by atoms with Crippen LogP contribution >= 0.6 is 0 Å². The zero-order chi connectivity index (χ0) is 15.9. The topological polar surface area (TPSA) is 102 Å².